The summed E-state index contributed by atoms with van der Waals surface area (Å²) in [5.74, 6) is 0. The molecule has 0 aliphatic carbocycles. The Morgan fingerprint density at radius 3 is 3.00 bits per heavy atom. The van der Waals surface area contributed by atoms with E-state index in [4.69, 9.17) is 0 Å². The standard InChI is InChI=1S/C11H13NS/c1-2-9-5-6-10(12-8-9)11-4-3-7-13-11/h3-8,10,12H,2H2,1H3. The van der Waals surface area contributed by atoms with E-state index < -0.39 is 0 Å². The van der Waals surface area contributed by atoms with E-state index >= 15 is 0 Å². The van der Waals surface area contributed by atoms with Crippen LogP contribution in [-0.4, -0.2) is 0 Å². The van der Waals surface area contributed by atoms with E-state index in [1.165, 1.54) is 10.5 Å². The highest BCUT2D eigenvalue weighted by molar-refractivity contribution is 7.10. The molecule has 1 aromatic heterocycles. The highest BCUT2D eigenvalue weighted by Gasteiger charge is 2.09. The number of thiophene rings is 1. The van der Waals surface area contributed by atoms with Crippen molar-refractivity contribution in [1.29, 1.82) is 0 Å². The van der Waals surface area contributed by atoms with Crippen molar-refractivity contribution in [2.45, 2.75) is 19.4 Å². The maximum Gasteiger partial charge on any atom is 0.0789 e. The molecule has 1 aromatic rings. The van der Waals surface area contributed by atoms with E-state index in [2.05, 4.69) is 48.1 Å². The first kappa shape index (κ1) is 8.57. The minimum Gasteiger partial charge on any atom is -0.380 e. The average Bonchev–Trinajstić information content (AvgIpc) is 2.71. The van der Waals surface area contributed by atoms with Gasteiger partial charge in [0.25, 0.3) is 0 Å². The normalized spacial score (nSPS) is 21.0. The molecular formula is C11H13NS. The second-order valence-electron chi connectivity index (χ2n) is 3.09. The molecule has 1 N–H and O–H groups in total. The van der Waals surface area contributed by atoms with Crippen molar-refractivity contribution >= 4 is 11.3 Å². The number of hydrogen-bond donors (Lipinski definition) is 1. The Kier molecular flexibility index (Phi) is 2.50. The zero-order valence-electron chi connectivity index (χ0n) is 7.66. The molecule has 2 heteroatoms. The van der Waals surface area contributed by atoms with Gasteiger partial charge >= 0.3 is 0 Å². The van der Waals surface area contributed by atoms with Gasteiger partial charge in [0.1, 0.15) is 0 Å². The van der Waals surface area contributed by atoms with E-state index in [9.17, 15) is 0 Å². The summed E-state index contributed by atoms with van der Waals surface area (Å²) in [5, 5.41) is 5.50. The molecule has 0 saturated carbocycles. The third kappa shape index (κ3) is 1.83. The van der Waals surface area contributed by atoms with Gasteiger partial charge in [0.05, 0.1) is 6.04 Å². The molecule has 0 bridgehead atoms. The fourth-order valence-electron chi connectivity index (χ4n) is 1.39. The molecule has 1 aliphatic rings. The van der Waals surface area contributed by atoms with Crippen LogP contribution in [0.4, 0.5) is 0 Å². The zero-order chi connectivity index (χ0) is 9.10. The van der Waals surface area contributed by atoms with Gasteiger partial charge in [0.2, 0.25) is 0 Å². The van der Waals surface area contributed by atoms with E-state index in [1.807, 2.05) is 0 Å². The first-order valence-electron chi connectivity index (χ1n) is 4.57. The van der Waals surface area contributed by atoms with Crippen molar-refractivity contribution in [1.82, 2.24) is 5.32 Å². The highest BCUT2D eigenvalue weighted by atomic mass is 32.1. The third-order valence-corrected chi connectivity index (χ3v) is 3.16. The number of hydrogen-bond acceptors (Lipinski definition) is 2. The van der Waals surface area contributed by atoms with Crippen molar-refractivity contribution in [2.24, 2.45) is 0 Å². The van der Waals surface area contributed by atoms with Gasteiger partial charge in [-0.3, -0.25) is 0 Å². The second-order valence-corrected chi connectivity index (χ2v) is 4.07. The van der Waals surface area contributed by atoms with Crippen LogP contribution in [0.3, 0.4) is 0 Å². The summed E-state index contributed by atoms with van der Waals surface area (Å²) in [4.78, 5) is 1.38. The van der Waals surface area contributed by atoms with Crippen molar-refractivity contribution < 1.29 is 0 Å². The first-order valence-corrected chi connectivity index (χ1v) is 5.45. The van der Waals surface area contributed by atoms with E-state index in [-0.39, 0.29) is 0 Å². The van der Waals surface area contributed by atoms with Crippen LogP contribution >= 0.6 is 11.3 Å². The SMILES string of the molecule is CCC1=CNC(c2cccs2)C=C1. The maximum absolute atomic E-state index is 3.38. The van der Waals surface area contributed by atoms with Crippen molar-refractivity contribution in [2.75, 3.05) is 0 Å². The van der Waals surface area contributed by atoms with Crippen LogP contribution in [0.25, 0.3) is 0 Å². The van der Waals surface area contributed by atoms with Gasteiger partial charge in [-0.2, -0.15) is 0 Å². The molecule has 1 nitrogen and oxygen atoms in total. The summed E-state index contributed by atoms with van der Waals surface area (Å²) in [6.45, 7) is 2.17. The molecule has 13 heavy (non-hydrogen) atoms. The largest absolute Gasteiger partial charge is 0.380 e. The maximum atomic E-state index is 3.38. The van der Waals surface area contributed by atoms with Gasteiger partial charge in [-0.05, 0) is 23.4 Å². The lowest BCUT2D eigenvalue weighted by atomic mass is 10.1. The van der Waals surface area contributed by atoms with Gasteiger partial charge in [-0.15, -0.1) is 11.3 Å². The highest BCUT2D eigenvalue weighted by Crippen LogP contribution is 2.23. The molecule has 68 valence electrons. The number of rotatable bonds is 2. The summed E-state index contributed by atoms with van der Waals surface area (Å²) in [6.07, 6.45) is 7.65. The summed E-state index contributed by atoms with van der Waals surface area (Å²) in [7, 11) is 0. The Labute approximate surface area is 82.8 Å². The lowest BCUT2D eigenvalue weighted by Crippen LogP contribution is -2.15. The van der Waals surface area contributed by atoms with Gasteiger partial charge in [0, 0.05) is 11.1 Å². The molecule has 1 atom stereocenters. The van der Waals surface area contributed by atoms with Gasteiger partial charge in [0.15, 0.2) is 0 Å². The van der Waals surface area contributed by atoms with Crippen LogP contribution in [0.5, 0.6) is 0 Å². The average molecular weight is 191 g/mol. The molecule has 2 rings (SSSR count). The van der Waals surface area contributed by atoms with E-state index in [1.54, 1.807) is 11.3 Å². The summed E-state index contributed by atoms with van der Waals surface area (Å²) in [5.41, 5.74) is 1.37. The zero-order valence-corrected chi connectivity index (χ0v) is 8.47. The first-order chi connectivity index (χ1) is 6.40. The topological polar surface area (TPSA) is 12.0 Å². The van der Waals surface area contributed by atoms with Crippen LogP contribution in [0.1, 0.15) is 24.3 Å². The van der Waals surface area contributed by atoms with Gasteiger partial charge in [-0.25, -0.2) is 0 Å². The monoisotopic (exact) mass is 191 g/mol. The fourth-order valence-corrected chi connectivity index (χ4v) is 2.15. The van der Waals surface area contributed by atoms with Crippen molar-refractivity contribution in [3.8, 4) is 0 Å². The molecule has 1 unspecified atom stereocenters. The van der Waals surface area contributed by atoms with Gasteiger partial charge in [-0.1, -0.05) is 25.1 Å². The quantitative estimate of drug-likeness (QED) is 0.756. The smallest absolute Gasteiger partial charge is 0.0789 e. The second kappa shape index (κ2) is 3.79. The van der Waals surface area contributed by atoms with E-state index in [0.717, 1.165) is 6.42 Å². The predicted octanol–water partition coefficient (Wildman–Crippen LogP) is 3.24. The van der Waals surface area contributed by atoms with E-state index in [0.29, 0.717) is 6.04 Å². The van der Waals surface area contributed by atoms with Crippen LogP contribution < -0.4 is 5.32 Å². The molecule has 0 fully saturated rings. The molecule has 0 saturated heterocycles. The van der Waals surface area contributed by atoms with Crippen LogP contribution in [-0.2, 0) is 0 Å². The Balaban J connectivity index is 2.09. The summed E-state index contributed by atoms with van der Waals surface area (Å²) >= 11 is 1.80. The van der Waals surface area contributed by atoms with Crippen molar-refractivity contribution in [3.05, 3.63) is 46.3 Å². The number of nitrogens with one attached hydrogen (secondary N) is 1. The third-order valence-electron chi connectivity index (χ3n) is 2.21. The fraction of sp³-hybridized carbons (Fsp3) is 0.273. The molecule has 0 spiro atoms. The lowest BCUT2D eigenvalue weighted by Gasteiger charge is -2.16. The molecule has 0 aromatic carbocycles. The molecule has 0 radical (unpaired) electrons. The molecule has 2 heterocycles. The van der Waals surface area contributed by atoms with Gasteiger partial charge < -0.3 is 5.32 Å². The minimum atomic E-state index is 0.385. The molecular weight excluding hydrogens is 178 g/mol. The Hall–Kier alpha value is -1.02. The Morgan fingerprint density at radius 1 is 1.54 bits per heavy atom. The molecule has 1 aliphatic heterocycles. The lowest BCUT2D eigenvalue weighted by molar-refractivity contribution is 0.747. The Morgan fingerprint density at radius 2 is 2.46 bits per heavy atom. The predicted molar refractivity (Wildman–Crippen MR) is 57.7 cm³/mol. The number of dihydropyridines is 1. The van der Waals surface area contributed by atoms with Crippen LogP contribution in [0.15, 0.2) is 41.4 Å². The summed E-state index contributed by atoms with van der Waals surface area (Å²) in [6, 6.07) is 4.64. The van der Waals surface area contributed by atoms with Crippen LogP contribution in [0.2, 0.25) is 0 Å². The molecule has 0 amide bonds. The minimum absolute atomic E-state index is 0.385. The Bertz CT molecular complexity index is 322. The number of allylic oxidation sites excluding steroid dienone is 2. The van der Waals surface area contributed by atoms with Crippen molar-refractivity contribution in [3.63, 3.8) is 0 Å². The summed E-state index contributed by atoms with van der Waals surface area (Å²) < 4.78 is 0. The van der Waals surface area contributed by atoms with Crippen LogP contribution in [0, 0.1) is 0 Å².